The fourth-order valence-electron chi connectivity index (χ4n) is 6.16. The lowest BCUT2D eigenvalue weighted by Gasteiger charge is -2.65. The van der Waals surface area contributed by atoms with Gasteiger partial charge in [-0.25, -0.2) is 4.79 Å². The highest BCUT2D eigenvalue weighted by Crippen LogP contribution is 2.67. The Bertz CT molecular complexity index is 812. The number of hydrogen-bond acceptors (Lipinski definition) is 6. The van der Waals surface area contributed by atoms with Gasteiger partial charge in [0.2, 0.25) is 0 Å². The van der Waals surface area contributed by atoms with E-state index in [1.165, 1.54) is 0 Å². The summed E-state index contributed by atoms with van der Waals surface area (Å²) in [5, 5.41) is 11.2. The van der Waals surface area contributed by atoms with Gasteiger partial charge >= 0.3 is 11.9 Å². The third-order valence-corrected chi connectivity index (χ3v) is 7.51. The van der Waals surface area contributed by atoms with Crippen LogP contribution in [-0.4, -0.2) is 28.8 Å². The van der Waals surface area contributed by atoms with Crippen LogP contribution in [0.25, 0.3) is 0 Å². The molecule has 5 aliphatic rings. The van der Waals surface area contributed by atoms with Gasteiger partial charge < -0.3 is 19.0 Å². The lowest BCUT2D eigenvalue weighted by Crippen LogP contribution is -2.72. The minimum Gasteiger partial charge on any atom is -0.472 e. The highest BCUT2D eigenvalue weighted by atomic mass is 16.6. The molecule has 26 heavy (non-hydrogen) atoms. The molecule has 0 radical (unpaired) electrons. The largest absolute Gasteiger partial charge is 0.472 e. The molecule has 3 aliphatic heterocycles. The number of aliphatic hydroxyl groups is 1. The molecule has 6 heteroatoms. The summed E-state index contributed by atoms with van der Waals surface area (Å²) < 4.78 is 16.4. The van der Waals surface area contributed by atoms with Crippen molar-refractivity contribution >= 4 is 11.9 Å². The highest BCUT2D eigenvalue weighted by Gasteiger charge is 2.72. The number of carbonyl (C=O) groups is 2. The Labute approximate surface area is 151 Å². The van der Waals surface area contributed by atoms with Crippen LogP contribution in [-0.2, 0) is 19.1 Å². The van der Waals surface area contributed by atoms with Crippen molar-refractivity contribution in [2.24, 2.45) is 22.7 Å². The van der Waals surface area contributed by atoms with Crippen molar-refractivity contribution in [2.45, 2.75) is 50.9 Å². The van der Waals surface area contributed by atoms with E-state index in [0.29, 0.717) is 19.3 Å². The van der Waals surface area contributed by atoms with Crippen LogP contribution in [0, 0.1) is 22.7 Å². The van der Waals surface area contributed by atoms with E-state index in [4.69, 9.17) is 13.9 Å². The normalized spacial score (nSPS) is 49.2. The first-order chi connectivity index (χ1) is 12.3. The monoisotopic (exact) mass is 358 g/mol. The second kappa shape index (κ2) is 4.80. The predicted octanol–water partition coefficient (Wildman–Crippen LogP) is 2.53. The van der Waals surface area contributed by atoms with Gasteiger partial charge in [0, 0.05) is 16.9 Å². The summed E-state index contributed by atoms with van der Waals surface area (Å²) in [7, 11) is 0. The maximum absolute atomic E-state index is 12.8. The standard InChI is InChI=1S/C20H22O6/c1-18-9-14(11-5-8-24-10-11)25-16(21)12(18)3-6-19(2)15(18)13-4-7-20(19,23)17(22)26-13/h4-5,7-8,10,12-15,23H,3,6,9H2,1-2H3/t12-,13?,14+,15-,18+,19+,20-/m0/s1. The Balaban J connectivity index is 1.61. The predicted molar refractivity (Wildman–Crippen MR) is 88.6 cm³/mol. The molecular weight excluding hydrogens is 336 g/mol. The lowest BCUT2D eigenvalue weighted by molar-refractivity contribution is -0.259. The summed E-state index contributed by atoms with van der Waals surface area (Å²) >= 11 is 0. The number of esters is 2. The molecule has 0 aromatic carbocycles. The van der Waals surface area contributed by atoms with E-state index in [0.717, 1.165) is 5.56 Å². The second-order valence-electron chi connectivity index (χ2n) is 8.67. The topological polar surface area (TPSA) is 86.0 Å². The number of carbonyl (C=O) groups excluding carboxylic acids is 2. The van der Waals surface area contributed by atoms with Crippen LogP contribution in [0.5, 0.6) is 0 Å². The Kier molecular flexibility index (Phi) is 2.97. The van der Waals surface area contributed by atoms with Gasteiger partial charge in [0.1, 0.15) is 12.2 Å². The molecule has 1 unspecified atom stereocenters. The summed E-state index contributed by atoms with van der Waals surface area (Å²) in [6, 6.07) is 1.81. The Hall–Kier alpha value is -2.08. The molecule has 2 saturated heterocycles. The molecule has 6 nitrogen and oxygen atoms in total. The molecule has 3 fully saturated rings. The summed E-state index contributed by atoms with van der Waals surface area (Å²) in [6.07, 6.45) is 7.52. The van der Waals surface area contributed by atoms with Gasteiger partial charge in [0.15, 0.2) is 5.60 Å². The lowest BCUT2D eigenvalue weighted by atomic mass is 9.42. The summed E-state index contributed by atoms with van der Waals surface area (Å²) in [4.78, 5) is 25.2. The molecule has 1 saturated carbocycles. The Morgan fingerprint density at radius 3 is 2.73 bits per heavy atom. The van der Waals surface area contributed by atoms with Gasteiger partial charge in [-0.3, -0.25) is 4.79 Å². The molecule has 1 aromatic heterocycles. The maximum atomic E-state index is 12.8. The second-order valence-corrected chi connectivity index (χ2v) is 8.67. The molecule has 138 valence electrons. The summed E-state index contributed by atoms with van der Waals surface area (Å²) in [5.74, 6) is -1.20. The number of fused-ring (bicyclic) bond motifs is 2. The van der Waals surface area contributed by atoms with Crippen molar-refractivity contribution in [1.82, 2.24) is 0 Å². The number of ether oxygens (including phenoxy) is 2. The maximum Gasteiger partial charge on any atom is 0.343 e. The zero-order chi connectivity index (χ0) is 18.3. The molecule has 0 spiro atoms. The van der Waals surface area contributed by atoms with Crippen molar-refractivity contribution in [3.8, 4) is 0 Å². The van der Waals surface area contributed by atoms with Crippen LogP contribution >= 0.6 is 0 Å². The zero-order valence-corrected chi connectivity index (χ0v) is 14.8. The van der Waals surface area contributed by atoms with Crippen molar-refractivity contribution in [2.75, 3.05) is 0 Å². The van der Waals surface area contributed by atoms with E-state index in [1.807, 2.05) is 13.0 Å². The minimum absolute atomic E-state index is 0.149. The van der Waals surface area contributed by atoms with Gasteiger partial charge in [-0.05, 0) is 42.9 Å². The molecule has 7 atom stereocenters. The third-order valence-electron chi connectivity index (χ3n) is 7.51. The Morgan fingerprint density at radius 2 is 2.04 bits per heavy atom. The number of cyclic esters (lactones) is 1. The molecule has 0 amide bonds. The van der Waals surface area contributed by atoms with E-state index >= 15 is 0 Å². The molecule has 1 N–H and O–H groups in total. The quantitative estimate of drug-likeness (QED) is 0.613. The van der Waals surface area contributed by atoms with Crippen molar-refractivity contribution < 1.29 is 28.6 Å². The van der Waals surface area contributed by atoms with E-state index in [2.05, 4.69) is 6.92 Å². The van der Waals surface area contributed by atoms with Crippen LogP contribution in [0.4, 0.5) is 0 Å². The smallest absolute Gasteiger partial charge is 0.343 e. The fraction of sp³-hybridized carbons (Fsp3) is 0.600. The van der Waals surface area contributed by atoms with Crippen LogP contribution in [0.1, 0.15) is 44.8 Å². The molecule has 2 aliphatic carbocycles. The van der Waals surface area contributed by atoms with Gasteiger partial charge in [-0.2, -0.15) is 0 Å². The molecule has 1 aromatic rings. The molecule has 4 heterocycles. The van der Waals surface area contributed by atoms with E-state index in [1.54, 1.807) is 24.7 Å². The Morgan fingerprint density at radius 1 is 1.23 bits per heavy atom. The number of hydrogen-bond donors (Lipinski definition) is 1. The van der Waals surface area contributed by atoms with Gasteiger partial charge in [-0.15, -0.1) is 0 Å². The SMILES string of the molecule is C[C@@]12C[C@H](c3ccoc3)OC(=O)[C@@H]1CC[C@]1(C)[C@H]2C2C=C[C@]1(O)C(=O)O2. The minimum atomic E-state index is -1.63. The van der Waals surface area contributed by atoms with Gasteiger partial charge in [0.05, 0.1) is 18.4 Å². The number of furan rings is 1. The molecule has 2 bridgehead atoms. The van der Waals surface area contributed by atoms with Gasteiger partial charge in [-0.1, -0.05) is 13.8 Å². The van der Waals surface area contributed by atoms with Crippen LogP contribution < -0.4 is 0 Å². The first-order valence-corrected chi connectivity index (χ1v) is 9.15. The van der Waals surface area contributed by atoms with Crippen molar-refractivity contribution in [1.29, 1.82) is 0 Å². The van der Waals surface area contributed by atoms with Crippen LogP contribution in [0.3, 0.4) is 0 Å². The first-order valence-electron chi connectivity index (χ1n) is 9.15. The molecule has 6 rings (SSSR count). The van der Waals surface area contributed by atoms with Crippen LogP contribution in [0.2, 0.25) is 0 Å². The average molecular weight is 358 g/mol. The summed E-state index contributed by atoms with van der Waals surface area (Å²) in [5.41, 5.74) is -1.91. The summed E-state index contributed by atoms with van der Waals surface area (Å²) in [6.45, 7) is 4.04. The first kappa shape index (κ1) is 16.1. The van der Waals surface area contributed by atoms with Crippen molar-refractivity contribution in [3.63, 3.8) is 0 Å². The zero-order valence-electron chi connectivity index (χ0n) is 14.8. The number of rotatable bonds is 1. The molecular formula is C20H22O6. The van der Waals surface area contributed by atoms with Gasteiger partial charge in [0.25, 0.3) is 0 Å². The average Bonchev–Trinajstić information content (AvgIpc) is 3.10. The van der Waals surface area contributed by atoms with E-state index in [9.17, 15) is 14.7 Å². The van der Waals surface area contributed by atoms with Crippen molar-refractivity contribution in [3.05, 3.63) is 36.3 Å². The highest BCUT2D eigenvalue weighted by molar-refractivity contribution is 5.86. The van der Waals surface area contributed by atoms with E-state index in [-0.39, 0.29) is 23.9 Å². The van der Waals surface area contributed by atoms with Crippen LogP contribution in [0.15, 0.2) is 35.2 Å². The third kappa shape index (κ3) is 1.71. The van der Waals surface area contributed by atoms with E-state index < -0.39 is 28.5 Å². The fourth-order valence-corrected chi connectivity index (χ4v) is 6.16.